The van der Waals surface area contributed by atoms with Gasteiger partial charge in [-0.15, -0.1) is 11.6 Å². The van der Waals surface area contributed by atoms with E-state index in [9.17, 15) is 4.79 Å². The van der Waals surface area contributed by atoms with Gasteiger partial charge in [0.25, 0.3) is 0 Å². The van der Waals surface area contributed by atoms with Crippen LogP contribution in [0.1, 0.15) is 6.42 Å². The predicted molar refractivity (Wildman–Crippen MR) is 41.9 cm³/mol. The molecule has 0 aromatic rings. The molecule has 4 heteroatoms. The Bertz CT molecular complexity index is 89.0. The highest BCUT2D eigenvalue weighted by Gasteiger charge is 1.92. The topological polar surface area (TPSA) is 43.1 Å². The molecule has 0 aliphatic rings. The van der Waals surface area contributed by atoms with Crippen LogP contribution in [0.5, 0.6) is 0 Å². The summed E-state index contributed by atoms with van der Waals surface area (Å²) in [5.41, 5.74) is 4.88. The molecule has 9 heavy (non-hydrogen) atoms. The van der Waals surface area contributed by atoms with E-state index in [4.69, 9.17) is 17.3 Å². The molecule has 0 aliphatic heterocycles. The van der Waals surface area contributed by atoms with Crippen LogP contribution in [0, 0.1) is 0 Å². The number of nitrogens with two attached hydrogens (primary N) is 1. The first-order valence-corrected chi connectivity index (χ1v) is 4.38. The first-order valence-electron chi connectivity index (χ1n) is 2.69. The van der Waals surface area contributed by atoms with Gasteiger partial charge in [0.2, 0.25) is 5.91 Å². The third-order valence-electron chi connectivity index (χ3n) is 0.667. The average Bonchev–Trinajstić information content (AvgIpc) is 1.80. The van der Waals surface area contributed by atoms with Crippen LogP contribution in [0.4, 0.5) is 0 Å². The minimum Gasteiger partial charge on any atom is -0.369 e. The molecular formula is C5H10ClNOS. The number of carbonyl (C=O) groups is 1. The SMILES string of the molecule is NC(=O)CSCCCCl. The Balaban J connectivity index is 2.83. The number of halogens is 1. The molecule has 0 aromatic carbocycles. The average molecular weight is 168 g/mol. The Morgan fingerprint density at radius 3 is 2.78 bits per heavy atom. The minimum atomic E-state index is -0.255. The fourth-order valence-corrected chi connectivity index (χ4v) is 1.32. The number of hydrogen-bond donors (Lipinski definition) is 1. The third kappa shape index (κ3) is 8.11. The molecule has 0 saturated carbocycles. The van der Waals surface area contributed by atoms with Crippen LogP contribution in [0.2, 0.25) is 0 Å². The molecule has 2 nitrogen and oxygen atoms in total. The lowest BCUT2D eigenvalue weighted by molar-refractivity contribution is -0.115. The van der Waals surface area contributed by atoms with Crippen LogP contribution >= 0.6 is 23.4 Å². The molecule has 0 spiro atoms. The van der Waals surface area contributed by atoms with Crippen molar-refractivity contribution in [1.82, 2.24) is 0 Å². The highest BCUT2D eigenvalue weighted by Crippen LogP contribution is 2.01. The monoisotopic (exact) mass is 167 g/mol. The molecule has 1 amide bonds. The van der Waals surface area contributed by atoms with Gasteiger partial charge in [0.15, 0.2) is 0 Å². The van der Waals surface area contributed by atoms with Crippen molar-refractivity contribution in [3.8, 4) is 0 Å². The summed E-state index contributed by atoms with van der Waals surface area (Å²) in [6.07, 6.45) is 0.944. The summed E-state index contributed by atoms with van der Waals surface area (Å²) < 4.78 is 0. The van der Waals surface area contributed by atoms with Gasteiger partial charge < -0.3 is 5.73 Å². The van der Waals surface area contributed by atoms with Crippen LogP contribution in [0.25, 0.3) is 0 Å². The van der Waals surface area contributed by atoms with Gasteiger partial charge in [-0.2, -0.15) is 11.8 Å². The van der Waals surface area contributed by atoms with E-state index in [1.54, 1.807) is 0 Å². The molecule has 0 aliphatic carbocycles. The summed E-state index contributed by atoms with van der Waals surface area (Å²) in [5.74, 6) is 1.74. The van der Waals surface area contributed by atoms with Crippen molar-refractivity contribution in [2.75, 3.05) is 17.4 Å². The number of alkyl halides is 1. The van der Waals surface area contributed by atoms with E-state index in [0.717, 1.165) is 12.2 Å². The standard InChI is InChI=1S/C5H10ClNOS/c6-2-1-3-9-4-5(7)8/h1-4H2,(H2,7,8). The zero-order valence-corrected chi connectivity index (χ0v) is 6.67. The maximum absolute atomic E-state index is 10.1. The highest BCUT2D eigenvalue weighted by molar-refractivity contribution is 7.99. The van der Waals surface area contributed by atoms with Crippen molar-refractivity contribution in [1.29, 1.82) is 0 Å². The van der Waals surface area contributed by atoms with Crippen molar-refractivity contribution >= 4 is 29.3 Å². The Morgan fingerprint density at radius 2 is 2.33 bits per heavy atom. The van der Waals surface area contributed by atoms with E-state index in [2.05, 4.69) is 0 Å². The summed E-state index contributed by atoms with van der Waals surface area (Å²) >= 11 is 6.91. The number of amides is 1. The summed E-state index contributed by atoms with van der Waals surface area (Å²) in [5, 5.41) is 0. The second-order valence-corrected chi connectivity index (χ2v) is 3.04. The number of hydrogen-bond acceptors (Lipinski definition) is 2. The minimum absolute atomic E-state index is 0.255. The van der Waals surface area contributed by atoms with Gasteiger partial charge in [-0.05, 0) is 12.2 Å². The Hall–Kier alpha value is 0.110. The molecule has 0 atom stereocenters. The normalized spacial score (nSPS) is 9.44. The van der Waals surface area contributed by atoms with Crippen molar-refractivity contribution < 1.29 is 4.79 Å². The predicted octanol–water partition coefficient (Wildman–Crippen LogP) is 0.834. The van der Waals surface area contributed by atoms with E-state index < -0.39 is 0 Å². The van der Waals surface area contributed by atoms with Gasteiger partial charge in [0.05, 0.1) is 5.75 Å². The Morgan fingerprint density at radius 1 is 1.67 bits per heavy atom. The first-order chi connectivity index (χ1) is 4.27. The van der Waals surface area contributed by atoms with Gasteiger partial charge in [-0.3, -0.25) is 4.79 Å². The first kappa shape index (κ1) is 9.11. The van der Waals surface area contributed by atoms with Gasteiger partial charge >= 0.3 is 0 Å². The molecule has 0 fully saturated rings. The van der Waals surface area contributed by atoms with E-state index >= 15 is 0 Å². The van der Waals surface area contributed by atoms with E-state index in [1.807, 2.05) is 0 Å². The van der Waals surface area contributed by atoms with Gasteiger partial charge in [0, 0.05) is 5.88 Å². The lowest BCUT2D eigenvalue weighted by Crippen LogP contribution is -2.13. The van der Waals surface area contributed by atoms with Crippen LogP contribution in [0.15, 0.2) is 0 Å². The summed E-state index contributed by atoms with van der Waals surface area (Å²) in [7, 11) is 0. The third-order valence-corrected chi connectivity index (χ3v) is 2.00. The zero-order chi connectivity index (χ0) is 7.11. The van der Waals surface area contributed by atoms with Crippen LogP contribution in [-0.2, 0) is 4.79 Å². The summed E-state index contributed by atoms with van der Waals surface area (Å²) in [4.78, 5) is 10.1. The molecule has 0 heterocycles. The van der Waals surface area contributed by atoms with E-state index in [0.29, 0.717) is 11.6 Å². The Labute approximate surface area is 64.1 Å². The van der Waals surface area contributed by atoms with Crippen LogP contribution in [-0.4, -0.2) is 23.3 Å². The smallest absolute Gasteiger partial charge is 0.227 e. The maximum Gasteiger partial charge on any atom is 0.227 e. The van der Waals surface area contributed by atoms with E-state index in [-0.39, 0.29) is 5.91 Å². The molecule has 0 rings (SSSR count). The highest BCUT2D eigenvalue weighted by atomic mass is 35.5. The van der Waals surface area contributed by atoms with E-state index in [1.165, 1.54) is 11.8 Å². The number of carbonyl (C=O) groups excluding carboxylic acids is 1. The fraction of sp³-hybridized carbons (Fsp3) is 0.800. The fourth-order valence-electron chi connectivity index (χ4n) is 0.329. The second kappa shape index (κ2) is 6.23. The molecule has 2 N–H and O–H groups in total. The molecule has 0 aromatic heterocycles. The number of thioether (sulfide) groups is 1. The number of primary amides is 1. The summed E-state index contributed by atoms with van der Waals surface area (Å²) in [6, 6.07) is 0. The van der Waals surface area contributed by atoms with Crippen molar-refractivity contribution in [3.05, 3.63) is 0 Å². The van der Waals surface area contributed by atoms with Gasteiger partial charge in [-0.1, -0.05) is 0 Å². The molecule has 0 radical (unpaired) electrons. The largest absolute Gasteiger partial charge is 0.369 e. The van der Waals surface area contributed by atoms with Crippen molar-refractivity contribution in [2.45, 2.75) is 6.42 Å². The zero-order valence-electron chi connectivity index (χ0n) is 5.10. The molecule has 0 unspecified atom stereocenters. The molecule has 0 bridgehead atoms. The lowest BCUT2D eigenvalue weighted by Gasteiger charge is -1.93. The van der Waals surface area contributed by atoms with Gasteiger partial charge in [-0.25, -0.2) is 0 Å². The van der Waals surface area contributed by atoms with Crippen LogP contribution < -0.4 is 5.73 Å². The van der Waals surface area contributed by atoms with Crippen molar-refractivity contribution in [2.24, 2.45) is 5.73 Å². The quantitative estimate of drug-likeness (QED) is 0.487. The van der Waals surface area contributed by atoms with Crippen LogP contribution in [0.3, 0.4) is 0 Å². The molecular weight excluding hydrogens is 158 g/mol. The van der Waals surface area contributed by atoms with Gasteiger partial charge in [0.1, 0.15) is 0 Å². The Kier molecular flexibility index (Phi) is 6.31. The van der Waals surface area contributed by atoms with Crippen molar-refractivity contribution in [3.63, 3.8) is 0 Å². The number of rotatable bonds is 5. The molecule has 0 saturated heterocycles. The maximum atomic E-state index is 10.1. The second-order valence-electron chi connectivity index (χ2n) is 1.56. The summed E-state index contributed by atoms with van der Waals surface area (Å²) in [6.45, 7) is 0. The molecule has 54 valence electrons. The lowest BCUT2D eigenvalue weighted by atomic mass is 10.6.